The van der Waals surface area contributed by atoms with Gasteiger partial charge in [0.15, 0.2) is 0 Å². The summed E-state index contributed by atoms with van der Waals surface area (Å²) in [7, 11) is 0. The van der Waals surface area contributed by atoms with Crippen LogP contribution in [0.2, 0.25) is 0 Å². The number of nitrogens with zero attached hydrogens (tertiary/aromatic N) is 3. The van der Waals surface area contributed by atoms with Crippen LogP contribution in [-0.2, 0) is 24.1 Å². The quantitative estimate of drug-likeness (QED) is 0.644. The Kier molecular flexibility index (Phi) is 7.77. The molecule has 1 aliphatic rings. The molecule has 1 saturated carbocycles. The third-order valence-corrected chi connectivity index (χ3v) is 6.48. The van der Waals surface area contributed by atoms with Crippen molar-refractivity contribution in [2.24, 2.45) is 0 Å². The number of amides is 2. The van der Waals surface area contributed by atoms with Crippen LogP contribution in [0.5, 0.6) is 0 Å². The number of imidazole rings is 1. The van der Waals surface area contributed by atoms with E-state index in [0.717, 1.165) is 38.2 Å². The molecule has 10 heteroatoms. The topological polar surface area (TPSA) is 76.3 Å². The molecular weight excluding hydrogens is 449 g/mol. The first kappa shape index (κ1) is 25.8. The molecule has 2 aromatic rings. The zero-order valence-corrected chi connectivity index (χ0v) is 20.2. The van der Waals surface area contributed by atoms with Gasteiger partial charge in [0.25, 0.3) is 5.91 Å². The highest BCUT2D eigenvalue weighted by Crippen LogP contribution is 2.36. The van der Waals surface area contributed by atoms with Gasteiger partial charge in [0, 0.05) is 38.6 Å². The van der Waals surface area contributed by atoms with Crippen LogP contribution in [0.3, 0.4) is 0 Å². The Bertz CT molecular complexity index is 1110. The standard InChI is InChI=1S/C24H33F3N4O3/c1-5-29-21-14-19(24(25,26)27)18(13-20(21)30(23(29)34)12-11-28-16(4)32)22(33)31(15(2)3)17-9-7-6-8-10-17/h13-15,17H,5-12H2,1-4H3,(H,28,32). The fraction of sp³-hybridized carbons (Fsp3) is 0.625. The number of carbonyl (C=O) groups is 2. The van der Waals surface area contributed by atoms with E-state index in [1.165, 1.54) is 22.1 Å². The zero-order chi connectivity index (χ0) is 25.2. The molecule has 7 nitrogen and oxygen atoms in total. The maximum absolute atomic E-state index is 14.2. The third kappa shape index (κ3) is 5.15. The van der Waals surface area contributed by atoms with Crippen molar-refractivity contribution in [3.05, 3.63) is 33.7 Å². The van der Waals surface area contributed by atoms with Crippen LogP contribution in [0.15, 0.2) is 16.9 Å². The van der Waals surface area contributed by atoms with Gasteiger partial charge in [0.1, 0.15) is 0 Å². The van der Waals surface area contributed by atoms with Crippen molar-refractivity contribution in [1.29, 1.82) is 0 Å². The van der Waals surface area contributed by atoms with Crippen molar-refractivity contribution >= 4 is 22.8 Å². The Morgan fingerprint density at radius 3 is 2.26 bits per heavy atom. The van der Waals surface area contributed by atoms with Crippen LogP contribution in [0.4, 0.5) is 13.2 Å². The van der Waals surface area contributed by atoms with Crippen LogP contribution in [-0.4, -0.2) is 44.5 Å². The van der Waals surface area contributed by atoms with E-state index in [1.54, 1.807) is 11.8 Å². The molecule has 0 radical (unpaired) electrons. The van der Waals surface area contributed by atoms with Gasteiger partial charge in [0.2, 0.25) is 5.91 Å². The maximum Gasteiger partial charge on any atom is 0.417 e. The normalized spacial score (nSPS) is 15.2. The minimum Gasteiger partial charge on any atom is -0.355 e. The lowest BCUT2D eigenvalue weighted by Crippen LogP contribution is -2.46. The molecule has 1 N–H and O–H groups in total. The molecule has 2 amide bonds. The Labute approximate surface area is 196 Å². The summed E-state index contributed by atoms with van der Waals surface area (Å²) in [5.41, 5.74) is -1.59. The first-order valence-electron chi connectivity index (χ1n) is 11.9. The number of hydrogen-bond acceptors (Lipinski definition) is 3. The fourth-order valence-electron chi connectivity index (χ4n) is 4.96. The molecule has 0 unspecified atom stereocenters. The summed E-state index contributed by atoms with van der Waals surface area (Å²) in [6.45, 7) is 7.04. The minimum absolute atomic E-state index is 0.0808. The van der Waals surface area contributed by atoms with Crippen molar-refractivity contribution in [2.45, 2.75) is 91.1 Å². The molecule has 0 bridgehead atoms. The number of aryl methyl sites for hydroxylation is 1. The van der Waals surface area contributed by atoms with Crippen molar-refractivity contribution in [3.8, 4) is 0 Å². The zero-order valence-electron chi connectivity index (χ0n) is 20.2. The van der Waals surface area contributed by atoms with E-state index in [9.17, 15) is 27.6 Å². The third-order valence-electron chi connectivity index (χ3n) is 6.48. The number of halogens is 3. The van der Waals surface area contributed by atoms with E-state index in [2.05, 4.69) is 5.32 Å². The Balaban J connectivity index is 2.19. The maximum atomic E-state index is 14.2. The molecule has 0 saturated heterocycles. The number of hydrogen-bond donors (Lipinski definition) is 1. The number of nitrogens with one attached hydrogen (secondary N) is 1. The van der Waals surface area contributed by atoms with Gasteiger partial charge in [0.05, 0.1) is 22.2 Å². The highest BCUT2D eigenvalue weighted by molar-refractivity contribution is 6.00. The summed E-state index contributed by atoms with van der Waals surface area (Å²) >= 11 is 0. The van der Waals surface area contributed by atoms with Gasteiger partial charge in [-0.2, -0.15) is 13.2 Å². The van der Waals surface area contributed by atoms with Gasteiger partial charge in [-0.15, -0.1) is 0 Å². The number of fused-ring (bicyclic) bond motifs is 1. The molecule has 1 fully saturated rings. The molecule has 0 aliphatic heterocycles. The number of carbonyl (C=O) groups excluding carboxylic acids is 2. The van der Waals surface area contributed by atoms with Crippen molar-refractivity contribution in [2.75, 3.05) is 6.54 Å². The number of rotatable bonds is 7. The Hall–Kier alpha value is -2.78. The van der Waals surface area contributed by atoms with Crippen molar-refractivity contribution < 1.29 is 22.8 Å². The molecule has 1 aromatic heterocycles. The molecule has 34 heavy (non-hydrogen) atoms. The highest BCUT2D eigenvalue weighted by atomic mass is 19.4. The summed E-state index contributed by atoms with van der Waals surface area (Å²) in [4.78, 5) is 39.4. The van der Waals surface area contributed by atoms with Crippen LogP contribution in [0.1, 0.15) is 75.7 Å². The molecule has 1 heterocycles. The smallest absolute Gasteiger partial charge is 0.355 e. The fourth-order valence-corrected chi connectivity index (χ4v) is 4.96. The van der Waals surface area contributed by atoms with Crippen LogP contribution < -0.4 is 11.0 Å². The Morgan fingerprint density at radius 2 is 1.74 bits per heavy atom. The summed E-state index contributed by atoms with van der Waals surface area (Å²) in [5.74, 6) is -0.941. The van der Waals surface area contributed by atoms with Crippen molar-refractivity contribution in [1.82, 2.24) is 19.4 Å². The summed E-state index contributed by atoms with van der Waals surface area (Å²) in [6.07, 6.45) is -0.298. The molecule has 188 valence electrons. The number of aromatic nitrogens is 2. The Morgan fingerprint density at radius 1 is 1.12 bits per heavy atom. The highest BCUT2D eigenvalue weighted by Gasteiger charge is 2.39. The summed E-state index contributed by atoms with van der Waals surface area (Å²) < 4.78 is 45.1. The number of alkyl halides is 3. The minimum atomic E-state index is -4.76. The van der Waals surface area contributed by atoms with Gasteiger partial charge >= 0.3 is 11.9 Å². The summed E-state index contributed by atoms with van der Waals surface area (Å²) in [6, 6.07) is 1.75. The van der Waals surface area contributed by atoms with E-state index >= 15 is 0 Å². The molecule has 1 aliphatic carbocycles. The lowest BCUT2D eigenvalue weighted by molar-refractivity contribution is -0.138. The average molecular weight is 483 g/mol. The largest absolute Gasteiger partial charge is 0.417 e. The molecular formula is C24H33F3N4O3. The van der Waals surface area contributed by atoms with E-state index in [-0.39, 0.29) is 48.7 Å². The molecule has 1 aromatic carbocycles. The first-order valence-corrected chi connectivity index (χ1v) is 11.9. The lowest BCUT2D eigenvalue weighted by Gasteiger charge is -2.38. The van der Waals surface area contributed by atoms with Crippen LogP contribution in [0, 0.1) is 0 Å². The van der Waals surface area contributed by atoms with Crippen molar-refractivity contribution in [3.63, 3.8) is 0 Å². The van der Waals surface area contributed by atoms with E-state index in [1.807, 2.05) is 13.8 Å². The molecule has 0 spiro atoms. The second-order valence-corrected chi connectivity index (χ2v) is 9.14. The van der Waals surface area contributed by atoms with E-state index in [4.69, 9.17) is 0 Å². The van der Waals surface area contributed by atoms with E-state index < -0.39 is 28.9 Å². The van der Waals surface area contributed by atoms with Crippen LogP contribution in [0.25, 0.3) is 11.0 Å². The predicted octanol–water partition coefficient (Wildman–Crippen LogP) is 4.16. The average Bonchev–Trinajstić information content (AvgIpc) is 3.02. The lowest BCUT2D eigenvalue weighted by atomic mass is 9.92. The van der Waals surface area contributed by atoms with Gasteiger partial charge in [-0.05, 0) is 45.7 Å². The monoisotopic (exact) mass is 482 g/mol. The second-order valence-electron chi connectivity index (χ2n) is 9.14. The van der Waals surface area contributed by atoms with Gasteiger partial charge < -0.3 is 10.2 Å². The molecule has 3 rings (SSSR count). The number of benzene rings is 1. The van der Waals surface area contributed by atoms with E-state index in [0.29, 0.717) is 0 Å². The van der Waals surface area contributed by atoms with Gasteiger partial charge in [-0.25, -0.2) is 4.79 Å². The van der Waals surface area contributed by atoms with Gasteiger partial charge in [-0.3, -0.25) is 18.7 Å². The van der Waals surface area contributed by atoms with Gasteiger partial charge in [-0.1, -0.05) is 19.3 Å². The first-order chi connectivity index (χ1) is 16.0. The molecule has 0 atom stereocenters. The SMILES string of the molecule is CCn1c(=O)n(CCNC(C)=O)c2cc(C(=O)N(C(C)C)C3CCCCC3)c(C(F)(F)F)cc21. The summed E-state index contributed by atoms with van der Waals surface area (Å²) in [5, 5.41) is 2.60. The second kappa shape index (κ2) is 10.2. The van der Waals surface area contributed by atoms with Crippen LogP contribution >= 0.6 is 0 Å². The predicted molar refractivity (Wildman–Crippen MR) is 124 cm³/mol.